The first kappa shape index (κ1) is 15.4. The van der Waals surface area contributed by atoms with Crippen LogP contribution in [-0.4, -0.2) is 16.0 Å². The van der Waals surface area contributed by atoms with E-state index in [1.165, 1.54) is 6.07 Å². The maximum atomic E-state index is 11.4. The summed E-state index contributed by atoms with van der Waals surface area (Å²) >= 11 is 0. The SMILES string of the molecule is O=C(O)c1ccc2c(c1)[C@@H]1C=CC[C@@H]1[C@H](c1ccccc1[N+](=O)[O-])N2. The van der Waals surface area contributed by atoms with Crippen LogP contribution in [0.5, 0.6) is 0 Å². The fraction of sp³-hybridized carbons (Fsp3) is 0.211. The molecule has 3 atom stereocenters. The molecule has 2 N–H and O–H groups in total. The Morgan fingerprint density at radius 2 is 2.00 bits per heavy atom. The molecule has 0 saturated carbocycles. The van der Waals surface area contributed by atoms with E-state index in [1.54, 1.807) is 30.3 Å². The maximum Gasteiger partial charge on any atom is 0.335 e. The highest BCUT2D eigenvalue weighted by atomic mass is 16.6. The lowest BCUT2D eigenvalue weighted by Gasteiger charge is -2.37. The van der Waals surface area contributed by atoms with Crippen molar-refractivity contribution < 1.29 is 14.8 Å². The summed E-state index contributed by atoms with van der Waals surface area (Å²) < 4.78 is 0. The summed E-state index contributed by atoms with van der Waals surface area (Å²) in [7, 11) is 0. The number of rotatable bonds is 3. The van der Waals surface area contributed by atoms with Gasteiger partial charge < -0.3 is 10.4 Å². The molecular weight excluding hydrogens is 320 g/mol. The minimum atomic E-state index is -0.956. The van der Waals surface area contributed by atoms with Gasteiger partial charge in [0.15, 0.2) is 0 Å². The van der Waals surface area contributed by atoms with E-state index >= 15 is 0 Å². The summed E-state index contributed by atoms with van der Waals surface area (Å²) in [4.78, 5) is 22.3. The second kappa shape index (κ2) is 5.73. The number of fused-ring (bicyclic) bond motifs is 3. The fourth-order valence-corrected chi connectivity index (χ4v) is 3.95. The number of carboxylic acid groups (broad SMARTS) is 1. The molecule has 6 nitrogen and oxygen atoms in total. The number of allylic oxidation sites excluding steroid dienone is 2. The molecule has 0 unspecified atom stereocenters. The molecule has 0 spiro atoms. The number of carboxylic acids is 1. The molecule has 6 heteroatoms. The number of nitrogens with one attached hydrogen (secondary N) is 1. The lowest BCUT2D eigenvalue weighted by Crippen LogP contribution is -2.29. The maximum absolute atomic E-state index is 11.4. The summed E-state index contributed by atoms with van der Waals surface area (Å²) in [6.07, 6.45) is 4.95. The van der Waals surface area contributed by atoms with E-state index < -0.39 is 5.97 Å². The normalized spacial score (nSPS) is 23.4. The number of nitro benzene ring substituents is 1. The topological polar surface area (TPSA) is 92.5 Å². The first-order valence-electron chi connectivity index (χ1n) is 8.10. The van der Waals surface area contributed by atoms with E-state index in [0.717, 1.165) is 17.7 Å². The number of hydrogen-bond acceptors (Lipinski definition) is 4. The van der Waals surface area contributed by atoms with Gasteiger partial charge in [-0.15, -0.1) is 0 Å². The molecule has 0 fully saturated rings. The van der Waals surface area contributed by atoms with Crippen LogP contribution in [-0.2, 0) is 0 Å². The monoisotopic (exact) mass is 336 g/mol. The van der Waals surface area contributed by atoms with Gasteiger partial charge >= 0.3 is 5.97 Å². The number of aromatic carboxylic acids is 1. The fourth-order valence-electron chi connectivity index (χ4n) is 3.95. The molecule has 0 amide bonds. The third kappa shape index (κ3) is 2.46. The van der Waals surface area contributed by atoms with Crippen molar-refractivity contribution in [1.29, 1.82) is 0 Å². The third-order valence-corrected chi connectivity index (χ3v) is 5.08. The Hall–Kier alpha value is -3.15. The van der Waals surface area contributed by atoms with Crippen LogP contribution in [0.15, 0.2) is 54.6 Å². The Bertz CT molecular complexity index is 906. The van der Waals surface area contributed by atoms with Crippen LogP contribution >= 0.6 is 0 Å². The summed E-state index contributed by atoms with van der Waals surface area (Å²) in [5, 5.41) is 24.1. The number of para-hydroxylation sites is 1. The molecule has 0 bridgehead atoms. The zero-order chi connectivity index (χ0) is 17.6. The Labute approximate surface area is 144 Å². The Morgan fingerprint density at radius 1 is 1.20 bits per heavy atom. The number of nitro groups is 1. The van der Waals surface area contributed by atoms with Crippen LogP contribution in [0.1, 0.15) is 39.9 Å². The minimum absolute atomic E-state index is 0.0559. The molecular formula is C19H16N2O4. The summed E-state index contributed by atoms with van der Waals surface area (Å²) in [6, 6.07) is 11.6. The molecule has 1 heterocycles. The number of nitrogens with zero attached hydrogens (tertiary/aromatic N) is 1. The molecule has 4 rings (SSSR count). The molecule has 2 aliphatic rings. The molecule has 0 radical (unpaired) electrons. The third-order valence-electron chi connectivity index (χ3n) is 5.08. The van der Waals surface area contributed by atoms with Gasteiger partial charge in [-0.2, -0.15) is 0 Å². The van der Waals surface area contributed by atoms with Crippen LogP contribution in [0.25, 0.3) is 0 Å². The van der Waals surface area contributed by atoms with Gasteiger partial charge in [-0.25, -0.2) is 4.79 Å². The molecule has 1 aliphatic carbocycles. The van der Waals surface area contributed by atoms with Crippen molar-refractivity contribution in [3.05, 3.63) is 81.4 Å². The second-order valence-corrected chi connectivity index (χ2v) is 6.40. The van der Waals surface area contributed by atoms with Crippen molar-refractivity contribution in [3.8, 4) is 0 Å². The number of anilines is 1. The molecule has 2 aromatic carbocycles. The Balaban J connectivity index is 1.81. The summed E-state index contributed by atoms with van der Waals surface area (Å²) in [6.45, 7) is 0. The highest BCUT2D eigenvalue weighted by molar-refractivity contribution is 5.89. The smallest absolute Gasteiger partial charge is 0.335 e. The lowest BCUT2D eigenvalue weighted by atomic mass is 9.76. The Morgan fingerprint density at radius 3 is 2.76 bits per heavy atom. The van der Waals surface area contributed by atoms with Crippen molar-refractivity contribution in [3.63, 3.8) is 0 Å². The van der Waals surface area contributed by atoms with Crippen LogP contribution < -0.4 is 5.32 Å². The van der Waals surface area contributed by atoms with E-state index in [9.17, 15) is 20.0 Å². The molecule has 25 heavy (non-hydrogen) atoms. The van der Waals surface area contributed by atoms with Gasteiger partial charge in [0.2, 0.25) is 0 Å². The molecule has 2 aromatic rings. The predicted molar refractivity (Wildman–Crippen MR) is 92.8 cm³/mol. The average molecular weight is 336 g/mol. The van der Waals surface area contributed by atoms with Gasteiger partial charge in [0.25, 0.3) is 5.69 Å². The number of hydrogen-bond donors (Lipinski definition) is 2. The first-order valence-corrected chi connectivity index (χ1v) is 8.10. The van der Waals surface area contributed by atoms with E-state index in [0.29, 0.717) is 5.56 Å². The van der Waals surface area contributed by atoms with Crippen LogP contribution in [0.2, 0.25) is 0 Å². The number of carbonyl (C=O) groups is 1. The second-order valence-electron chi connectivity index (χ2n) is 6.40. The minimum Gasteiger partial charge on any atom is -0.478 e. The zero-order valence-corrected chi connectivity index (χ0v) is 13.3. The van der Waals surface area contributed by atoms with Gasteiger partial charge in [-0.1, -0.05) is 30.4 Å². The van der Waals surface area contributed by atoms with Crippen molar-refractivity contribution in [2.75, 3.05) is 5.32 Å². The molecule has 0 aromatic heterocycles. The largest absolute Gasteiger partial charge is 0.478 e. The van der Waals surface area contributed by atoms with Crippen LogP contribution in [0, 0.1) is 16.0 Å². The van der Waals surface area contributed by atoms with Gasteiger partial charge in [0.1, 0.15) is 0 Å². The van der Waals surface area contributed by atoms with Gasteiger partial charge in [-0.3, -0.25) is 10.1 Å². The lowest BCUT2D eigenvalue weighted by molar-refractivity contribution is -0.385. The van der Waals surface area contributed by atoms with Crippen molar-refractivity contribution in [2.45, 2.75) is 18.4 Å². The first-order chi connectivity index (χ1) is 12.1. The van der Waals surface area contributed by atoms with Crippen LogP contribution in [0.3, 0.4) is 0 Å². The Kier molecular flexibility index (Phi) is 3.53. The van der Waals surface area contributed by atoms with Gasteiger partial charge in [0.05, 0.1) is 22.1 Å². The number of benzene rings is 2. The van der Waals surface area contributed by atoms with Crippen molar-refractivity contribution >= 4 is 17.3 Å². The average Bonchev–Trinajstić information content (AvgIpc) is 3.10. The van der Waals surface area contributed by atoms with E-state index in [1.807, 2.05) is 6.07 Å². The molecule has 1 aliphatic heterocycles. The van der Waals surface area contributed by atoms with Crippen molar-refractivity contribution in [1.82, 2.24) is 0 Å². The molecule has 0 saturated heterocycles. The van der Waals surface area contributed by atoms with E-state index in [-0.39, 0.29) is 34.1 Å². The highest BCUT2D eigenvalue weighted by Gasteiger charge is 2.40. The zero-order valence-electron chi connectivity index (χ0n) is 13.3. The van der Waals surface area contributed by atoms with Crippen LogP contribution in [0.4, 0.5) is 11.4 Å². The predicted octanol–water partition coefficient (Wildman–Crippen LogP) is 4.12. The van der Waals surface area contributed by atoms with Gasteiger partial charge in [-0.05, 0) is 36.1 Å². The van der Waals surface area contributed by atoms with E-state index in [4.69, 9.17) is 0 Å². The highest BCUT2D eigenvalue weighted by Crippen LogP contribution is 2.51. The quantitative estimate of drug-likeness (QED) is 0.500. The summed E-state index contributed by atoms with van der Waals surface area (Å²) in [5.74, 6) is -0.778. The van der Waals surface area contributed by atoms with Gasteiger partial charge in [0, 0.05) is 17.7 Å². The summed E-state index contributed by atoms with van der Waals surface area (Å²) in [5.41, 5.74) is 2.80. The van der Waals surface area contributed by atoms with E-state index in [2.05, 4.69) is 17.5 Å². The van der Waals surface area contributed by atoms with Crippen molar-refractivity contribution in [2.24, 2.45) is 5.92 Å². The standard InChI is InChI=1S/C19H16N2O4/c22-19(23)11-8-9-16-15(10-11)12-5-3-6-13(12)18(20-16)14-4-1-2-7-17(14)21(24)25/h1-5,7-10,12-13,18,20H,6H2,(H,22,23)/t12-,13+,18-/m1/s1. The molecule has 126 valence electrons.